The van der Waals surface area contributed by atoms with Crippen molar-refractivity contribution >= 4 is 11.8 Å². The van der Waals surface area contributed by atoms with Crippen molar-refractivity contribution in [3.05, 3.63) is 23.8 Å². The topological polar surface area (TPSA) is 79.9 Å². The van der Waals surface area contributed by atoms with Crippen LogP contribution >= 0.6 is 0 Å². The minimum Gasteiger partial charge on any atom is -0.493 e. The van der Waals surface area contributed by atoms with Crippen molar-refractivity contribution in [2.75, 3.05) is 27.3 Å². The zero-order valence-corrected chi connectivity index (χ0v) is 16.7. The highest BCUT2D eigenvalue weighted by molar-refractivity contribution is 5.81. The number of methoxy groups -OCH3 is 2. The first-order valence-corrected chi connectivity index (χ1v) is 9.50. The van der Waals surface area contributed by atoms with E-state index in [2.05, 4.69) is 15.5 Å². The summed E-state index contributed by atoms with van der Waals surface area (Å²) >= 11 is 0. The molecule has 1 aromatic carbocycles. The monoisotopic (exact) mass is 377 g/mol. The molecule has 27 heavy (non-hydrogen) atoms. The summed E-state index contributed by atoms with van der Waals surface area (Å²) in [5, 5.41) is 6.02. The Labute approximate surface area is 161 Å². The van der Waals surface area contributed by atoms with Crippen LogP contribution in [0.3, 0.4) is 0 Å². The Morgan fingerprint density at radius 1 is 1.26 bits per heavy atom. The molecule has 7 nitrogen and oxygen atoms in total. The van der Waals surface area contributed by atoms with E-state index in [4.69, 9.17) is 9.47 Å². The normalized spacial score (nSPS) is 18.4. The molecule has 0 aromatic heterocycles. The number of ether oxygens (including phenoxy) is 2. The second-order valence-corrected chi connectivity index (χ2v) is 6.84. The van der Waals surface area contributed by atoms with E-state index in [-0.39, 0.29) is 23.9 Å². The van der Waals surface area contributed by atoms with Gasteiger partial charge in [0.15, 0.2) is 11.5 Å². The summed E-state index contributed by atoms with van der Waals surface area (Å²) in [6.07, 6.45) is 2.42. The molecule has 1 aliphatic heterocycles. The Bertz CT molecular complexity index is 650. The lowest BCUT2D eigenvalue weighted by Gasteiger charge is -2.36. The molecule has 150 valence electrons. The molecule has 1 fully saturated rings. The Hall–Kier alpha value is -2.28. The maximum absolute atomic E-state index is 12.6. The van der Waals surface area contributed by atoms with E-state index < -0.39 is 0 Å². The first-order chi connectivity index (χ1) is 13.0. The molecule has 1 aromatic rings. The minimum absolute atomic E-state index is 0.0211. The smallest absolute Gasteiger partial charge is 0.237 e. The number of benzene rings is 1. The summed E-state index contributed by atoms with van der Waals surface area (Å²) < 4.78 is 10.5. The molecule has 2 unspecified atom stereocenters. The Morgan fingerprint density at radius 2 is 2.00 bits per heavy atom. The van der Waals surface area contributed by atoms with Crippen molar-refractivity contribution in [2.45, 2.75) is 51.7 Å². The van der Waals surface area contributed by atoms with Gasteiger partial charge in [-0.1, -0.05) is 13.0 Å². The van der Waals surface area contributed by atoms with Crippen LogP contribution in [0.5, 0.6) is 11.5 Å². The number of nitrogens with zero attached hydrogens (tertiary/aromatic N) is 1. The number of piperidine rings is 1. The van der Waals surface area contributed by atoms with Gasteiger partial charge in [-0.25, -0.2) is 0 Å². The van der Waals surface area contributed by atoms with Gasteiger partial charge in [0.1, 0.15) is 0 Å². The highest BCUT2D eigenvalue weighted by Gasteiger charge is 2.27. The van der Waals surface area contributed by atoms with E-state index in [0.717, 1.165) is 24.9 Å². The SMILES string of the molecule is CCC(=O)NC1CCCN(C(C)C(=O)NCc2ccc(OC)c(OC)c2)C1. The molecule has 0 aliphatic carbocycles. The summed E-state index contributed by atoms with van der Waals surface area (Å²) in [5.74, 6) is 1.34. The lowest BCUT2D eigenvalue weighted by Crippen LogP contribution is -2.54. The second kappa shape index (κ2) is 10.2. The molecule has 0 saturated carbocycles. The van der Waals surface area contributed by atoms with Crippen LogP contribution in [0.4, 0.5) is 0 Å². The first-order valence-electron chi connectivity index (χ1n) is 9.50. The average Bonchev–Trinajstić information content (AvgIpc) is 2.71. The molecule has 1 saturated heterocycles. The highest BCUT2D eigenvalue weighted by Crippen LogP contribution is 2.27. The number of carbonyl (C=O) groups is 2. The Morgan fingerprint density at radius 3 is 2.67 bits per heavy atom. The fourth-order valence-electron chi connectivity index (χ4n) is 3.30. The van der Waals surface area contributed by atoms with Gasteiger partial charge in [-0.2, -0.15) is 0 Å². The van der Waals surface area contributed by atoms with Crippen LogP contribution in [-0.2, 0) is 16.1 Å². The van der Waals surface area contributed by atoms with Crippen LogP contribution < -0.4 is 20.1 Å². The van der Waals surface area contributed by atoms with Crippen molar-refractivity contribution in [2.24, 2.45) is 0 Å². The molecule has 0 radical (unpaired) electrons. The number of hydrogen-bond acceptors (Lipinski definition) is 5. The van der Waals surface area contributed by atoms with E-state index in [0.29, 0.717) is 31.0 Å². The first kappa shape index (κ1) is 21.0. The number of amides is 2. The van der Waals surface area contributed by atoms with E-state index >= 15 is 0 Å². The minimum atomic E-state index is -0.244. The summed E-state index contributed by atoms with van der Waals surface area (Å²) in [5.41, 5.74) is 0.944. The third-order valence-electron chi connectivity index (χ3n) is 4.98. The van der Waals surface area contributed by atoms with Gasteiger partial charge in [0.25, 0.3) is 0 Å². The van der Waals surface area contributed by atoms with Crippen LogP contribution in [0.1, 0.15) is 38.7 Å². The summed E-state index contributed by atoms with van der Waals surface area (Å²) in [6, 6.07) is 5.47. The standard InChI is InChI=1S/C20H31N3O4/c1-5-19(24)22-16-7-6-10-23(13-16)14(2)20(25)21-12-15-8-9-17(26-3)18(11-15)27-4/h8-9,11,14,16H,5-7,10,12-13H2,1-4H3,(H,21,25)(H,22,24). The number of rotatable bonds is 8. The van der Waals surface area contributed by atoms with Crippen molar-refractivity contribution in [1.82, 2.24) is 15.5 Å². The maximum Gasteiger partial charge on any atom is 0.237 e. The number of likely N-dealkylation sites (tertiary alicyclic amines) is 1. The maximum atomic E-state index is 12.6. The lowest BCUT2D eigenvalue weighted by atomic mass is 10.0. The highest BCUT2D eigenvalue weighted by atomic mass is 16.5. The molecular formula is C20H31N3O4. The van der Waals surface area contributed by atoms with E-state index in [1.807, 2.05) is 32.0 Å². The summed E-state index contributed by atoms with van der Waals surface area (Å²) in [7, 11) is 3.18. The number of hydrogen-bond donors (Lipinski definition) is 2. The largest absolute Gasteiger partial charge is 0.493 e. The van der Waals surface area contributed by atoms with Gasteiger partial charge in [-0.15, -0.1) is 0 Å². The van der Waals surface area contributed by atoms with Crippen LogP contribution in [0.15, 0.2) is 18.2 Å². The van der Waals surface area contributed by atoms with Gasteiger partial charge in [-0.3, -0.25) is 14.5 Å². The van der Waals surface area contributed by atoms with Crippen molar-refractivity contribution in [1.29, 1.82) is 0 Å². The average molecular weight is 377 g/mol. The predicted octanol–water partition coefficient (Wildman–Crippen LogP) is 1.70. The fraction of sp³-hybridized carbons (Fsp3) is 0.600. The number of nitrogens with one attached hydrogen (secondary N) is 2. The van der Waals surface area contributed by atoms with Crippen LogP contribution in [-0.4, -0.2) is 56.1 Å². The molecule has 1 heterocycles. The number of carbonyl (C=O) groups excluding carboxylic acids is 2. The van der Waals surface area contributed by atoms with Gasteiger partial charge in [0.2, 0.25) is 11.8 Å². The quantitative estimate of drug-likeness (QED) is 0.721. The van der Waals surface area contributed by atoms with Gasteiger partial charge >= 0.3 is 0 Å². The van der Waals surface area contributed by atoms with Crippen molar-refractivity contribution in [3.63, 3.8) is 0 Å². The van der Waals surface area contributed by atoms with E-state index in [9.17, 15) is 9.59 Å². The van der Waals surface area contributed by atoms with Gasteiger partial charge in [0, 0.05) is 25.6 Å². The van der Waals surface area contributed by atoms with E-state index in [1.165, 1.54) is 0 Å². The predicted molar refractivity (Wildman–Crippen MR) is 104 cm³/mol. The van der Waals surface area contributed by atoms with Gasteiger partial charge < -0.3 is 20.1 Å². The molecule has 0 spiro atoms. The molecule has 1 aliphatic rings. The molecular weight excluding hydrogens is 346 g/mol. The van der Waals surface area contributed by atoms with Crippen LogP contribution in [0.25, 0.3) is 0 Å². The zero-order chi connectivity index (χ0) is 19.8. The van der Waals surface area contributed by atoms with Crippen molar-refractivity contribution < 1.29 is 19.1 Å². The van der Waals surface area contributed by atoms with Crippen molar-refractivity contribution in [3.8, 4) is 11.5 Å². The molecule has 2 atom stereocenters. The van der Waals surface area contributed by atoms with E-state index in [1.54, 1.807) is 14.2 Å². The molecule has 0 bridgehead atoms. The molecule has 2 N–H and O–H groups in total. The lowest BCUT2D eigenvalue weighted by molar-refractivity contribution is -0.126. The Kier molecular flexibility index (Phi) is 7.91. The third-order valence-corrected chi connectivity index (χ3v) is 4.98. The fourth-order valence-corrected chi connectivity index (χ4v) is 3.30. The molecule has 2 rings (SSSR count). The second-order valence-electron chi connectivity index (χ2n) is 6.84. The van der Waals surface area contributed by atoms with Gasteiger partial charge in [0.05, 0.1) is 20.3 Å². The van der Waals surface area contributed by atoms with Crippen LogP contribution in [0, 0.1) is 0 Å². The van der Waals surface area contributed by atoms with Crippen LogP contribution in [0.2, 0.25) is 0 Å². The third kappa shape index (κ3) is 5.85. The Balaban J connectivity index is 1.88. The van der Waals surface area contributed by atoms with Gasteiger partial charge in [-0.05, 0) is 44.0 Å². The molecule has 2 amide bonds. The zero-order valence-electron chi connectivity index (χ0n) is 16.7. The summed E-state index contributed by atoms with van der Waals surface area (Å²) in [6.45, 7) is 5.75. The summed E-state index contributed by atoms with van der Waals surface area (Å²) in [4.78, 5) is 26.3. The molecule has 7 heteroatoms.